The van der Waals surface area contributed by atoms with Crippen LogP contribution in [0.4, 0.5) is 0 Å². The molecule has 2 fully saturated rings. The number of nitrogens with zero attached hydrogens (tertiary/aromatic N) is 1. The number of β-amino-alcohol motifs (C(OH)–C–C–N with tert-alkyl or cyclic N) is 1. The van der Waals surface area contributed by atoms with Gasteiger partial charge in [0.1, 0.15) is 0 Å². The highest BCUT2D eigenvalue weighted by molar-refractivity contribution is 4.86. The second-order valence-corrected chi connectivity index (χ2v) is 6.55. The van der Waals surface area contributed by atoms with Crippen LogP contribution in [0.2, 0.25) is 0 Å². The average molecular weight is 270 g/mol. The Morgan fingerprint density at radius 1 is 1.32 bits per heavy atom. The molecule has 0 spiro atoms. The number of morpholine rings is 1. The van der Waals surface area contributed by atoms with Crippen molar-refractivity contribution in [2.45, 2.75) is 51.2 Å². The molecule has 1 aliphatic carbocycles. The van der Waals surface area contributed by atoms with Crippen molar-refractivity contribution in [3.63, 3.8) is 0 Å². The third kappa shape index (κ3) is 5.03. The van der Waals surface area contributed by atoms with Crippen molar-refractivity contribution in [2.24, 2.45) is 5.92 Å². The number of nitrogens with one attached hydrogen (secondary N) is 1. The van der Waals surface area contributed by atoms with Gasteiger partial charge in [-0.3, -0.25) is 4.90 Å². The van der Waals surface area contributed by atoms with E-state index in [0.29, 0.717) is 12.6 Å². The molecule has 4 heteroatoms. The summed E-state index contributed by atoms with van der Waals surface area (Å²) in [5, 5.41) is 14.1. The Morgan fingerprint density at radius 2 is 2.05 bits per heavy atom. The minimum atomic E-state index is -0.637. The van der Waals surface area contributed by atoms with E-state index < -0.39 is 5.60 Å². The van der Waals surface area contributed by atoms with Crippen molar-refractivity contribution >= 4 is 0 Å². The third-order valence-corrected chi connectivity index (χ3v) is 4.56. The average Bonchev–Trinajstić information content (AvgIpc) is 2.85. The van der Waals surface area contributed by atoms with E-state index in [2.05, 4.69) is 17.1 Å². The largest absolute Gasteiger partial charge is 0.388 e. The van der Waals surface area contributed by atoms with Crippen molar-refractivity contribution in [2.75, 3.05) is 39.4 Å². The van der Waals surface area contributed by atoms with Crippen molar-refractivity contribution in [1.29, 1.82) is 0 Å². The summed E-state index contributed by atoms with van der Waals surface area (Å²) in [5.41, 5.74) is -0.637. The molecule has 1 saturated carbocycles. The molecule has 112 valence electrons. The van der Waals surface area contributed by atoms with Gasteiger partial charge in [-0.15, -0.1) is 0 Å². The predicted molar refractivity (Wildman–Crippen MR) is 77.3 cm³/mol. The predicted octanol–water partition coefficient (Wildman–Crippen LogP) is 1.24. The fourth-order valence-corrected chi connectivity index (χ4v) is 3.29. The van der Waals surface area contributed by atoms with Gasteiger partial charge in [-0.2, -0.15) is 0 Å². The summed E-state index contributed by atoms with van der Waals surface area (Å²) in [5.74, 6) is 0.890. The maximum atomic E-state index is 10.5. The lowest BCUT2D eigenvalue weighted by atomic mass is 10.0. The quantitative estimate of drug-likeness (QED) is 0.762. The Hall–Kier alpha value is -0.160. The van der Waals surface area contributed by atoms with Gasteiger partial charge in [-0.25, -0.2) is 0 Å². The first-order valence-electron chi connectivity index (χ1n) is 7.85. The van der Waals surface area contributed by atoms with Gasteiger partial charge in [0, 0.05) is 32.2 Å². The highest BCUT2D eigenvalue weighted by Crippen LogP contribution is 2.28. The standard InChI is InChI=1S/C15H30N2O2/c1-3-13-4-5-14(10-13)16-11-15(2,18)12-17-6-8-19-9-7-17/h13-14,16,18H,3-12H2,1-2H3. The molecule has 0 aromatic rings. The van der Waals surface area contributed by atoms with E-state index in [-0.39, 0.29) is 0 Å². The van der Waals surface area contributed by atoms with E-state index in [1.54, 1.807) is 0 Å². The Balaban J connectivity index is 1.68. The fourth-order valence-electron chi connectivity index (χ4n) is 3.29. The smallest absolute Gasteiger partial charge is 0.0869 e. The van der Waals surface area contributed by atoms with Gasteiger partial charge < -0.3 is 15.2 Å². The van der Waals surface area contributed by atoms with Crippen LogP contribution in [0.3, 0.4) is 0 Å². The number of hydrogen-bond acceptors (Lipinski definition) is 4. The summed E-state index contributed by atoms with van der Waals surface area (Å²) in [4.78, 5) is 2.30. The van der Waals surface area contributed by atoms with Crippen LogP contribution in [0.1, 0.15) is 39.5 Å². The Bertz CT molecular complexity index is 265. The van der Waals surface area contributed by atoms with E-state index >= 15 is 0 Å². The zero-order valence-corrected chi connectivity index (χ0v) is 12.5. The molecule has 0 radical (unpaired) electrons. The first-order chi connectivity index (χ1) is 9.09. The second-order valence-electron chi connectivity index (χ2n) is 6.55. The van der Waals surface area contributed by atoms with E-state index in [1.165, 1.54) is 25.7 Å². The van der Waals surface area contributed by atoms with Crippen molar-refractivity contribution in [1.82, 2.24) is 10.2 Å². The van der Waals surface area contributed by atoms with E-state index in [9.17, 15) is 5.11 Å². The lowest BCUT2D eigenvalue weighted by Crippen LogP contribution is -2.51. The Kier molecular flexibility index (Phi) is 5.63. The molecule has 2 aliphatic rings. The van der Waals surface area contributed by atoms with E-state index in [1.807, 2.05) is 6.92 Å². The lowest BCUT2D eigenvalue weighted by molar-refractivity contribution is -0.0228. The minimum Gasteiger partial charge on any atom is -0.388 e. The van der Waals surface area contributed by atoms with Crippen LogP contribution < -0.4 is 5.32 Å². The zero-order chi connectivity index (χ0) is 13.7. The van der Waals surface area contributed by atoms with Gasteiger partial charge >= 0.3 is 0 Å². The van der Waals surface area contributed by atoms with Gasteiger partial charge in [0.2, 0.25) is 0 Å². The first-order valence-corrected chi connectivity index (χ1v) is 7.85. The molecule has 2 rings (SSSR count). The summed E-state index contributed by atoms with van der Waals surface area (Å²) >= 11 is 0. The van der Waals surface area contributed by atoms with Crippen molar-refractivity contribution < 1.29 is 9.84 Å². The highest BCUT2D eigenvalue weighted by Gasteiger charge is 2.28. The van der Waals surface area contributed by atoms with Crippen LogP contribution >= 0.6 is 0 Å². The number of aliphatic hydroxyl groups is 1. The minimum absolute atomic E-state index is 0.612. The monoisotopic (exact) mass is 270 g/mol. The molecule has 0 aromatic carbocycles. The molecule has 0 bridgehead atoms. The number of hydrogen-bond donors (Lipinski definition) is 2. The SMILES string of the molecule is CCC1CCC(NCC(C)(O)CN2CCOCC2)C1. The van der Waals surface area contributed by atoms with E-state index in [0.717, 1.165) is 38.8 Å². The van der Waals surface area contributed by atoms with Crippen LogP contribution in [0, 0.1) is 5.92 Å². The molecule has 4 nitrogen and oxygen atoms in total. The molecule has 0 amide bonds. The molecule has 2 N–H and O–H groups in total. The lowest BCUT2D eigenvalue weighted by Gasteiger charge is -2.34. The summed E-state index contributed by atoms with van der Waals surface area (Å²) in [6.07, 6.45) is 5.19. The second kappa shape index (κ2) is 7.02. The molecular weight excluding hydrogens is 240 g/mol. The number of ether oxygens (including phenoxy) is 1. The Labute approximate surface area is 117 Å². The van der Waals surface area contributed by atoms with Gasteiger partial charge in [0.25, 0.3) is 0 Å². The van der Waals surface area contributed by atoms with Crippen molar-refractivity contribution in [3.05, 3.63) is 0 Å². The molecule has 19 heavy (non-hydrogen) atoms. The number of rotatable bonds is 6. The van der Waals surface area contributed by atoms with Gasteiger partial charge in [0.05, 0.1) is 18.8 Å². The molecular formula is C15H30N2O2. The van der Waals surface area contributed by atoms with Crippen molar-refractivity contribution in [3.8, 4) is 0 Å². The summed E-state index contributed by atoms with van der Waals surface area (Å²) in [6.45, 7) is 9.14. The van der Waals surface area contributed by atoms with Crippen LogP contribution in [0.5, 0.6) is 0 Å². The van der Waals surface area contributed by atoms with Gasteiger partial charge in [0.15, 0.2) is 0 Å². The molecule has 1 aliphatic heterocycles. The zero-order valence-electron chi connectivity index (χ0n) is 12.5. The molecule has 1 saturated heterocycles. The normalized spacial score (nSPS) is 32.4. The maximum Gasteiger partial charge on any atom is 0.0869 e. The Morgan fingerprint density at radius 3 is 2.68 bits per heavy atom. The molecule has 1 heterocycles. The molecule has 0 aromatic heterocycles. The topological polar surface area (TPSA) is 44.7 Å². The third-order valence-electron chi connectivity index (χ3n) is 4.56. The molecule has 3 atom stereocenters. The van der Waals surface area contributed by atoms with Crippen LogP contribution in [0.15, 0.2) is 0 Å². The van der Waals surface area contributed by atoms with E-state index in [4.69, 9.17) is 4.74 Å². The van der Waals surface area contributed by atoms with Crippen LogP contribution in [-0.2, 0) is 4.74 Å². The highest BCUT2D eigenvalue weighted by atomic mass is 16.5. The summed E-state index contributed by atoms with van der Waals surface area (Å²) in [6, 6.07) is 0.612. The summed E-state index contributed by atoms with van der Waals surface area (Å²) < 4.78 is 5.34. The summed E-state index contributed by atoms with van der Waals surface area (Å²) in [7, 11) is 0. The molecule has 3 unspecified atom stereocenters. The fraction of sp³-hybridized carbons (Fsp3) is 1.00. The van der Waals surface area contributed by atoms with Gasteiger partial charge in [-0.05, 0) is 32.1 Å². The van der Waals surface area contributed by atoms with Gasteiger partial charge in [-0.1, -0.05) is 13.3 Å². The van der Waals surface area contributed by atoms with Crippen LogP contribution in [0.25, 0.3) is 0 Å². The van der Waals surface area contributed by atoms with Crippen LogP contribution in [-0.4, -0.2) is 61.0 Å². The first kappa shape index (κ1) is 15.2. The maximum absolute atomic E-state index is 10.5.